The highest BCUT2D eigenvalue weighted by Gasteiger charge is 2.41. The molecule has 0 saturated heterocycles. The Morgan fingerprint density at radius 3 is 2.76 bits per heavy atom. The van der Waals surface area contributed by atoms with Gasteiger partial charge in [-0.15, -0.1) is 0 Å². The fourth-order valence-corrected chi connectivity index (χ4v) is 2.58. The van der Waals surface area contributed by atoms with Crippen molar-refractivity contribution in [2.24, 2.45) is 5.41 Å². The van der Waals surface area contributed by atoms with Gasteiger partial charge in [0.05, 0.1) is 11.8 Å². The van der Waals surface area contributed by atoms with Gasteiger partial charge in [0, 0.05) is 13.1 Å². The number of carbonyl (C=O) groups excluding carboxylic acids is 1. The lowest BCUT2D eigenvalue weighted by atomic mass is 10.0. The number of rotatable bonds is 8. The highest BCUT2D eigenvalue weighted by Crippen LogP contribution is 2.48. The zero-order valence-corrected chi connectivity index (χ0v) is 12.8. The molecule has 1 aromatic heterocycles. The molecule has 0 spiro atoms. The van der Waals surface area contributed by atoms with Crippen LogP contribution in [0.25, 0.3) is 0 Å². The molecule has 1 aliphatic carbocycles. The molecule has 2 N–H and O–H groups in total. The van der Waals surface area contributed by atoms with Crippen LogP contribution in [-0.2, 0) is 0 Å². The van der Waals surface area contributed by atoms with Crippen molar-refractivity contribution in [3.8, 4) is 0 Å². The van der Waals surface area contributed by atoms with Crippen LogP contribution in [0.2, 0.25) is 0 Å². The van der Waals surface area contributed by atoms with Crippen LogP contribution in [0.15, 0.2) is 12.3 Å². The lowest BCUT2D eigenvalue weighted by molar-refractivity contribution is 0.0943. The third kappa shape index (κ3) is 4.16. The second kappa shape index (κ2) is 6.87. The molecule has 1 saturated carbocycles. The second-order valence-corrected chi connectivity index (χ2v) is 5.91. The first-order valence-corrected chi connectivity index (χ1v) is 7.78. The molecule has 0 unspecified atom stereocenters. The summed E-state index contributed by atoms with van der Waals surface area (Å²) in [5.74, 6) is -0.282. The van der Waals surface area contributed by atoms with E-state index >= 15 is 0 Å². The largest absolute Gasteiger partial charge is 0.369 e. The summed E-state index contributed by atoms with van der Waals surface area (Å²) in [5.41, 5.74) is 0.568. The molecule has 1 fully saturated rings. The number of nitrogens with one attached hydrogen (secondary N) is 2. The number of pyridine rings is 1. The maximum absolute atomic E-state index is 13.4. The molecule has 0 aliphatic heterocycles. The van der Waals surface area contributed by atoms with Gasteiger partial charge in [-0.2, -0.15) is 0 Å². The Kier molecular flexibility index (Phi) is 5.15. The van der Waals surface area contributed by atoms with E-state index in [0.717, 1.165) is 25.5 Å². The second-order valence-electron chi connectivity index (χ2n) is 5.91. The van der Waals surface area contributed by atoms with Gasteiger partial charge in [0.25, 0.3) is 5.91 Å². The minimum absolute atomic E-state index is 0.247. The Balaban J connectivity index is 2.02. The van der Waals surface area contributed by atoms with Crippen molar-refractivity contribution in [1.82, 2.24) is 10.3 Å². The standard InChI is InChI=1S/C16H24FN3O/c1-3-5-16(6-7-16)11-20-15(21)13-9-12(17)10-19-14(13)18-8-4-2/h9-10H,3-8,11H2,1-2H3,(H,18,19)(H,20,21). The van der Waals surface area contributed by atoms with Crippen molar-refractivity contribution < 1.29 is 9.18 Å². The monoisotopic (exact) mass is 293 g/mol. The molecule has 21 heavy (non-hydrogen) atoms. The molecule has 0 radical (unpaired) electrons. The molecule has 1 amide bonds. The number of amides is 1. The van der Waals surface area contributed by atoms with Crippen LogP contribution in [0, 0.1) is 11.2 Å². The number of nitrogens with zero attached hydrogens (tertiary/aromatic N) is 1. The van der Waals surface area contributed by atoms with Crippen molar-refractivity contribution >= 4 is 11.7 Å². The van der Waals surface area contributed by atoms with Gasteiger partial charge in [-0.1, -0.05) is 20.3 Å². The van der Waals surface area contributed by atoms with Crippen LogP contribution in [0.4, 0.5) is 10.2 Å². The number of hydrogen-bond donors (Lipinski definition) is 2. The van der Waals surface area contributed by atoms with Crippen molar-refractivity contribution in [2.75, 3.05) is 18.4 Å². The molecule has 5 heteroatoms. The molecule has 1 aromatic rings. The summed E-state index contributed by atoms with van der Waals surface area (Å²) >= 11 is 0. The van der Waals surface area contributed by atoms with Gasteiger partial charge in [-0.05, 0) is 37.2 Å². The minimum Gasteiger partial charge on any atom is -0.369 e. The maximum Gasteiger partial charge on any atom is 0.255 e. The predicted molar refractivity (Wildman–Crippen MR) is 81.9 cm³/mol. The molecule has 116 valence electrons. The van der Waals surface area contributed by atoms with Crippen molar-refractivity contribution in [1.29, 1.82) is 0 Å². The van der Waals surface area contributed by atoms with E-state index in [1.807, 2.05) is 6.92 Å². The van der Waals surface area contributed by atoms with Gasteiger partial charge in [-0.25, -0.2) is 9.37 Å². The third-order valence-electron chi connectivity index (χ3n) is 4.00. The lowest BCUT2D eigenvalue weighted by Gasteiger charge is -2.16. The topological polar surface area (TPSA) is 54.0 Å². The van der Waals surface area contributed by atoms with Crippen LogP contribution in [0.3, 0.4) is 0 Å². The first-order valence-electron chi connectivity index (χ1n) is 7.78. The predicted octanol–water partition coefficient (Wildman–Crippen LogP) is 3.35. The van der Waals surface area contributed by atoms with E-state index in [9.17, 15) is 9.18 Å². The van der Waals surface area contributed by atoms with Gasteiger partial charge in [-0.3, -0.25) is 4.79 Å². The molecule has 1 aliphatic rings. The van der Waals surface area contributed by atoms with Crippen LogP contribution in [-0.4, -0.2) is 24.0 Å². The average molecular weight is 293 g/mol. The van der Waals surface area contributed by atoms with Crippen LogP contribution in [0.5, 0.6) is 0 Å². The van der Waals surface area contributed by atoms with Crippen molar-refractivity contribution in [3.05, 3.63) is 23.6 Å². The fraction of sp³-hybridized carbons (Fsp3) is 0.625. The molecular weight excluding hydrogens is 269 g/mol. The lowest BCUT2D eigenvalue weighted by Crippen LogP contribution is -2.31. The van der Waals surface area contributed by atoms with Crippen molar-refractivity contribution in [2.45, 2.75) is 46.0 Å². The smallest absolute Gasteiger partial charge is 0.255 e. The molecular formula is C16H24FN3O. The van der Waals surface area contributed by atoms with E-state index in [1.54, 1.807) is 0 Å². The first-order chi connectivity index (χ1) is 10.1. The molecule has 0 aromatic carbocycles. The molecule has 0 atom stereocenters. The molecule has 0 bridgehead atoms. The quantitative estimate of drug-likeness (QED) is 0.773. The molecule has 1 heterocycles. The summed E-state index contributed by atoms with van der Waals surface area (Å²) in [6.07, 6.45) is 6.65. The summed E-state index contributed by atoms with van der Waals surface area (Å²) < 4.78 is 13.4. The highest BCUT2D eigenvalue weighted by molar-refractivity contribution is 5.98. The average Bonchev–Trinajstić information content (AvgIpc) is 3.24. The maximum atomic E-state index is 13.4. The fourth-order valence-electron chi connectivity index (χ4n) is 2.58. The van der Waals surface area contributed by atoms with Crippen molar-refractivity contribution in [3.63, 3.8) is 0 Å². The zero-order valence-electron chi connectivity index (χ0n) is 12.8. The van der Waals surface area contributed by atoms with E-state index in [2.05, 4.69) is 22.5 Å². The van der Waals surface area contributed by atoms with E-state index < -0.39 is 5.82 Å². The Labute approximate surface area is 125 Å². The first kappa shape index (κ1) is 15.7. The SMILES string of the molecule is CCCNc1ncc(F)cc1C(=O)NCC1(CCC)CC1. The van der Waals surface area contributed by atoms with Gasteiger partial charge in [0.2, 0.25) is 0 Å². The Hall–Kier alpha value is -1.65. The van der Waals surface area contributed by atoms with Crippen LogP contribution < -0.4 is 10.6 Å². The van der Waals surface area contributed by atoms with Crippen LogP contribution >= 0.6 is 0 Å². The number of anilines is 1. The van der Waals surface area contributed by atoms with E-state index in [1.165, 1.54) is 18.9 Å². The normalized spacial score (nSPS) is 15.6. The third-order valence-corrected chi connectivity index (χ3v) is 4.00. The van der Waals surface area contributed by atoms with Gasteiger partial charge >= 0.3 is 0 Å². The Bertz CT molecular complexity index is 500. The Morgan fingerprint density at radius 2 is 2.14 bits per heavy atom. The number of carbonyl (C=O) groups is 1. The van der Waals surface area contributed by atoms with Gasteiger partial charge in [0.1, 0.15) is 11.6 Å². The Morgan fingerprint density at radius 1 is 1.38 bits per heavy atom. The summed E-state index contributed by atoms with van der Waals surface area (Å²) in [4.78, 5) is 16.3. The zero-order chi connectivity index (χ0) is 15.3. The summed E-state index contributed by atoms with van der Waals surface area (Å²) in [6, 6.07) is 1.25. The van der Waals surface area contributed by atoms with Crippen LogP contribution in [0.1, 0.15) is 56.3 Å². The summed E-state index contributed by atoms with van der Waals surface area (Å²) in [7, 11) is 0. The highest BCUT2D eigenvalue weighted by atomic mass is 19.1. The van der Waals surface area contributed by atoms with Gasteiger partial charge < -0.3 is 10.6 Å². The van der Waals surface area contributed by atoms with E-state index in [4.69, 9.17) is 0 Å². The van der Waals surface area contributed by atoms with E-state index in [0.29, 0.717) is 18.9 Å². The van der Waals surface area contributed by atoms with E-state index in [-0.39, 0.29) is 16.9 Å². The van der Waals surface area contributed by atoms with Gasteiger partial charge in [0.15, 0.2) is 0 Å². The molecule has 2 rings (SSSR count). The number of hydrogen-bond acceptors (Lipinski definition) is 3. The minimum atomic E-state index is -0.489. The molecule has 4 nitrogen and oxygen atoms in total. The summed E-state index contributed by atoms with van der Waals surface area (Å²) in [5, 5.41) is 6.02. The summed E-state index contributed by atoms with van der Waals surface area (Å²) in [6.45, 7) is 5.56. The number of aromatic nitrogens is 1. The number of halogens is 1.